The fourth-order valence-electron chi connectivity index (χ4n) is 0.896. The van der Waals surface area contributed by atoms with Crippen LogP contribution >= 0.6 is 55.6 Å². The second-order valence-corrected chi connectivity index (χ2v) is 5.95. The van der Waals surface area contributed by atoms with Gasteiger partial charge in [-0.25, -0.2) is 0 Å². The number of nitrogens with two attached hydrogens (primary N) is 1. The fourth-order valence-corrected chi connectivity index (χ4v) is 2.99. The largest absolute Gasteiger partial charge is 0.390 e. The molecule has 0 aliphatic carbocycles. The minimum atomic E-state index is -4.22. The Labute approximate surface area is 112 Å². The Morgan fingerprint density at radius 3 is 2.27 bits per heavy atom. The van der Waals surface area contributed by atoms with Crippen molar-refractivity contribution < 1.29 is 13.2 Å². The SMILES string of the molecule is Cl.N[C@H](CC(F)(F)F)c1cc(Br)c(Br)s1. The van der Waals surface area contributed by atoms with Gasteiger partial charge in [-0.15, -0.1) is 23.7 Å². The normalized spacial score (nSPS) is 13.5. The minimum Gasteiger partial charge on any atom is -0.323 e. The summed E-state index contributed by atoms with van der Waals surface area (Å²) >= 11 is 7.60. The van der Waals surface area contributed by atoms with Gasteiger partial charge < -0.3 is 5.73 Å². The fraction of sp³-hybridized carbons (Fsp3) is 0.429. The molecule has 0 fully saturated rings. The molecule has 1 nitrogen and oxygen atoms in total. The Bertz CT molecular complexity index is 309. The van der Waals surface area contributed by atoms with E-state index in [9.17, 15) is 13.2 Å². The van der Waals surface area contributed by atoms with E-state index in [0.717, 1.165) is 8.26 Å². The standard InChI is InChI=1S/C7H6Br2F3NS.ClH/c8-3-1-5(14-6(3)9)4(13)2-7(10,11)12;/h1,4H,2,13H2;1H/t4-;/m1./s1. The van der Waals surface area contributed by atoms with Crippen molar-refractivity contribution >= 4 is 55.6 Å². The van der Waals surface area contributed by atoms with Crippen molar-refractivity contribution in [1.29, 1.82) is 0 Å². The molecule has 0 unspecified atom stereocenters. The van der Waals surface area contributed by atoms with Crippen molar-refractivity contribution in [3.05, 3.63) is 19.2 Å². The maximum absolute atomic E-state index is 12.0. The highest BCUT2D eigenvalue weighted by atomic mass is 79.9. The third-order valence-electron chi connectivity index (χ3n) is 1.48. The van der Waals surface area contributed by atoms with Crippen LogP contribution in [0.5, 0.6) is 0 Å². The first-order valence-electron chi connectivity index (χ1n) is 3.56. The highest BCUT2D eigenvalue weighted by Gasteiger charge is 2.31. The van der Waals surface area contributed by atoms with E-state index in [2.05, 4.69) is 31.9 Å². The molecule has 0 bridgehead atoms. The molecule has 15 heavy (non-hydrogen) atoms. The molecule has 1 rings (SSSR count). The number of rotatable bonds is 2. The van der Waals surface area contributed by atoms with E-state index >= 15 is 0 Å². The first kappa shape index (κ1) is 15.7. The smallest absolute Gasteiger partial charge is 0.323 e. The first-order valence-corrected chi connectivity index (χ1v) is 5.97. The Kier molecular flexibility index (Phi) is 6.13. The number of hydrogen-bond acceptors (Lipinski definition) is 2. The maximum atomic E-state index is 12.0. The van der Waals surface area contributed by atoms with Crippen molar-refractivity contribution in [3.8, 4) is 0 Å². The summed E-state index contributed by atoms with van der Waals surface area (Å²) in [6.45, 7) is 0. The van der Waals surface area contributed by atoms with Crippen LogP contribution in [0.4, 0.5) is 13.2 Å². The van der Waals surface area contributed by atoms with Gasteiger partial charge >= 0.3 is 6.18 Å². The van der Waals surface area contributed by atoms with Gasteiger partial charge in [-0.2, -0.15) is 13.2 Å². The van der Waals surface area contributed by atoms with Crippen LogP contribution in [0.3, 0.4) is 0 Å². The van der Waals surface area contributed by atoms with Gasteiger partial charge in [-0.05, 0) is 37.9 Å². The maximum Gasteiger partial charge on any atom is 0.390 e. The Morgan fingerprint density at radius 2 is 1.93 bits per heavy atom. The van der Waals surface area contributed by atoms with Gasteiger partial charge in [-0.3, -0.25) is 0 Å². The third kappa shape index (κ3) is 5.04. The van der Waals surface area contributed by atoms with E-state index in [1.165, 1.54) is 11.3 Å². The molecular weight excluding hydrogens is 382 g/mol. The van der Waals surface area contributed by atoms with Crippen LogP contribution in [0.2, 0.25) is 0 Å². The van der Waals surface area contributed by atoms with E-state index in [0.29, 0.717) is 4.88 Å². The van der Waals surface area contributed by atoms with E-state index in [-0.39, 0.29) is 12.4 Å². The number of hydrogen-bond donors (Lipinski definition) is 1. The molecule has 2 N–H and O–H groups in total. The second kappa shape index (κ2) is 5.86. The molecule has 1 atom stereocenters. The van der Waals surface area contributed by atoms with Crippen molar-refractivity contribution in [2.24, 2.45) is 5.73 Å². The minimum absolute atomic E-state index is 0. The summed E-state index contributed by atoms with van der Waals surface area (Å²) < 4.78 is 37.5. The van der Waals surface area contributed by atoms with Crippen LogP contribution in [0.25, 0.3) is 0 Å². The summed E-state index contributed by atoms with van der Waals surface area (Å²) in [5.41, 5.74) is 5.41. The highest BCUT2D eigenvalue weighted by Crippen LogP contribution is 2.37. The average molecular weight is 389 g/mol. The first-order chi connectivity index (χ1) is 6.29. The molecule has 88 valence electrons. The predicted molar refractivity (Wildman–Crippen MR) is 64.6 cm³/mol. The van der Waals surface area contributed by atoms with Gasteiger partial charge in [0.05, 0.1) is 10.2 Å². The van der Waals surface area contributed by atoms with Crippen molar-refractivity contribution in [3.63, 3.8) is 0 Å². The summed E-state index contributed by atoms with van der Waals surface area (Å²) in [4.78, 5) is 0.515. The summed E-state index contributed by atoms with van der Waals surface area (Å²) in [5, 5.41) is 0. The average Bonchev–Trinajstić information content (AvgIpc) is 2.28. The quantitative estimate of drug-likeness (QED) is 0.783. The number of thiophene rings is 1. The molecule has 8 heteroatoms. The Hall–Kier alpha value is 0.700. The molecule has 0 amide bonds. The second-order valence-electron chi connectivity index (χ2n) is 2.70. The molecule has 1 aromatic rings. The zero-order valence-corrected chi connectivity index (χ0v) is 12.0. The Morgan fingerprint density at radius 1 is 1.40 bits per heavy atom. The lowest BCUT2D eigenvalue weighted by Crippen LogP contribution is -2.19. The van der Waals surface area contributed by atoms with Gasteiger partial charge in [0.25, 0.3) is 0 Å². The molecule has 0 saturated carbocycles. The monoisotopic (exact) mass is 387 g/mol. The molecule has 0 spiro atoms. The summed E-state index contributed by atoms with van der Waals surface area (Å²) in [5.74, 6) is 0. The van der Waals surface area contributed by atoms with E-state index in [1.807, 2.05) is 0 Å². The molecule has 1 aromatic heterocycles. The molecular formula is C7H7Br2ClF3NS. The summed E-state index contributed by atoms with van der Waals surface area (Å²) in [6.07, 6.45) is -5.21. The van der Waals surface area contributed by atoms with Gasteiger partial charge in [0.15, 0.2) is 0 Å². The van der Waals surface area contributed by atoms with Crippen LogP contribution in [0.1, 0.15) is 17.3 Å². The van der Waals surface area contributed by atoms with E-state index in [4.69, 9.17) is 5.73 Å². The third-order valence-corrected chi connectivity index (χ3v) is 4.87. The van der Waals surface area contributed by atoms with Gasteiger partial charge in [-0.1, -0.05) is 0 Å². The molecule has 0 aliphatic rings. The number of alkyl halides is 3. The van der Waals surface area contributed by atoms with Gasteiger partial charge in [0, 0.05) is 15.4 Å². The lowest BCUT2D eigenvalue weighted by atomic mass is 10.2. The van der Waals surface area contributed by atoms with E-state index < -0.39 is 18.6 Å². The molecule has 0 saturated heterocycles. The molecule has 0 aliphatic heterocycles. The van der Waals surface area contributed by atoms with Crippen LogP contribution in [0, 0.1) is 0 Å². The van der Waals surface area contributed by atoms with E-state index in [1.54, 1.807) is 6.07 Å². The summed E-state index contributed by atoms with van der Waals surface area (Å²) in [7, 11) is 0. The van der Waals surface area contributed by atoms with Crippen LogP contribution in [0.15, 0.2) is 14.3 Å². The lowest BCUT2D eigenvalue weighted by molar-refractivity contribution is -0.138. The Balaban J connectivity index is 0.00000196. The van der Waals surface area contributed by atoms with Gasteiger partial charge in [0.1, 0.15) is 0 Å². The molecule has 1 heterocycles. The lowest BCUT2D eigenvalue weighted by Gasteiger charge is -2.11. The van der Waals surface area contributed by atoms with Crippen molar-refractivity contribution in [2.45, 2.75) is 18.6 Å². The van der Waals surface area contributed by atoms with Crippen molar-refractivity contribution in [1.82, 2.24) is 0 Å². The molecule has 0 aromatic carbocycles. The van der Waals surface area contributed by atoms with Gasteiger partial charge in [0.2, 0.25) is 0 Å². The highest BCUT2D eigenvalue weighted by molar-refractivity contribution is 9.13. The van der Waals surface area contributed by atoms with Crippen LogP contribution < -0.4 is 5.73 Å². The van der Waals surface area contributed by atoms with Crippen LogP contribution in [-0.4, -0.2) is 6.18 Å². The van der Waals surface area contributed by atoms with Crippen molar-refractivity contribution in [2.75, 3.05) is 0 Å². The zero-order chi connectivity index (χ0) is 10.9. The number of halogens is 6. The molecule has 0 radical (unpaired) electrons. The summed E-state index contributed by atoms with van der Waals surface area (Å²) in [6, 6.07) is 0.619. The van der Waals surface area contributed by atoms with Crippen LogP contribution in [-0.2, 0) is 0 Å². The predicted octanol–water partition coefficient (Wildman–Crippen LogP) is 4.65. The zero-order valence-electron chi connectivity index (χ0n) is 7.15. The topological polar surface area (TPSA) is 26.0 Å².